The average molecular weight is 317 g/mol. The molecule has 0 saturated carbocycles. The Balaban J connectivity index is 1.64. The molecule has 1 aromatic carbocycles. The molecule has 2 aliphatic rings. The van der Waals surface area contributed by atoms with Crippen LogP contribution in [-0.2, 0) is 4.74 Å². The van der Waals surface area contributed by atoms with Crippen LogP contribution >= 0.6 is 0 Å². The van der Waals surface area contributed by atoms with Gasteiger partial charge in [0.2, 0.25) is 0 Å². The Hall–Kier alpha value is -1.88. The summed E-state index contributed by atoms with van der Waals surface area (Å²) >= 11 is 0. The van der Waals surface area contributed by atoms with Crippen molar-refractivity contribution in [3.8, 4) is 0 Å². The molecular formula is C18H23NO4. The zero-order chi connectivity index (χ0) is 16.2. The van der Waals surface area contributed by atoms with Crippen molar-refractivity contribution in [1.82, 2.24) is 4.90 Å². The van der Waals surface area contributed by atoms with Crippen LogP contribution < -0.4 is 0 Å². The Kier molecular flexibility index (Phi) is 4.96. The van der Waals surface area contributed by atoms with E-state index in [1.807, 2.05) is 0 Å². The molecule has 23 heavy (non-hydrogen) atoms. The topological polar surface area (TPSA) is 66.8 Å². The summed E-state index contributed by atoms with van der Waals surface area (Å²) in [5.41, 5.74) is 0.136. The summed E-state index contributed by atoms with van der Waals surface area (Å²) < 4.78 is 5.48. The van der Waals surface area contributed by atoms with Gasteiger partial charge < -0.3 is 9.84 Å². The molecule has 3 rings (SSSR count). The Morgan fingerprint density at radius 2 is 1.83 bits per heavy atom. The number of ether oxygens (including phenoxy) is 1. The number of nitrogens with zero attached hydrogens (tertiary/aromatic N) is 1. The van der Waals surface area contributed by atoms with E-state index < -0.39 is 11.9 Å². The number of esters is 1. The van der Waals surface area contributed by atoms with E-state index in [-0.39, 0.29) is 11.1 Å². The number of rotatable bonds is 4. The maximum atomic E-state index is 12.3. The molecule has 0 amide bonds. The summed E-state index contributed by atoms with van der Waals surface area (Å²) in [6.07, 6.45) is 5.90. The number of carbonyl (C=O) groups is 2. The van der Waals surface area contributed by atoms with Crippen molar-refractivity contribution >= 4 is 11.9 Å². The molecule has 0 radical (unpaired) electrons. The highest BCUT2D eigenvalue weighted by atomic mass is 16.5. The lowest BCUT2D eigenvalue weighted by Crippen LogP contribution is -2.49. The lowest BCUT2D eigenvalue weighted by molar-refractivity contribution is 0.00720. The van der Waals surface area contributed by atoms with E-state index in [0.717, 1.165) is 25.9 Å². The normalized spacial score (nSPS) is 24.7. The molecule has 5 heteroatoms. The molecular weight excluding hydrogens is 294 g/mol. The number of carbonyl (C=O) groups excluding carboxylic acids is 1. The number of piperidine rings is 2. The molecule has 124 valence electrons. The SMILES string of the molecule is O=C(O)c1ccccc1C(=O)OC[C@H]1CCCN2CCCC[C@H]12. The highest BCUT2D eigenvalue weighted by molar-refractivity contribution is 6.02. The van der Waals surface area contributed by atoms with Crippen molar-refractivity contribution in [3.63, 3.8) is 0 Å². The number of hydrogen-bond donors (Lipinski definition) is 1. The Labute approximate surface area is 136 Å². The monoisotopic (exact) mass is 317 g/mol. The number of hydrogen-bond acceptors (Lipinski definition) is 4. The fourth-order valence-corrected chi connectivity index (χ4v) is 3.88. The quantitative estimate of drug-likeness (QED) is 0.865. The second-order valence-corrected chi connectivity index (χ2v) is 6.45. The van der Waals surface area contributed by atoms with Gasteiger partial charge in [0.1, 0.15) is 0 Å². The van der Waals surface area contributed by atoms with Gasteiger partial charge in [-0.25, -0.2) is 9.59 Å². The largest absolute Gasteiger partial charge is 0.478 e. The highest BCUT2D eigenvalue weighted by Crippen LogP contribution is 2.31. The number of fused-ring (bicyclic) bond motifs is 1. The fraction of sp³-hybridized carbons (Fsp3) is 0.556. The molecule has 2 saturated heterocycles. The van der Waals surface area contributed by atoms with Crippen molar-refractivity contribution < 1.29 is 19.4 Å². The first-order chi connectivity index (χ1) is 11.2. The zero-order valence-corrected chi connectivity index (χ0v) is 13.2. The van der Waals surface area contributed by atoms with Crippen LogP contribution in [0.15, 0.2) is 24.3 Å². The van der Waals surface area contributed by atoms with Gasteiger partial charge in [-0.1, -0.05) is 18.6 Å². The molecule has 0 aliphatic carbocycles. The minimum absolute atomic E-state index is 0.000405. The number of aromatic carboxylic acids is 1. The van der Waals surface area contributed by atoms with E-state index in [1.165, 1.54) is 31.4 Å². The predicted octanol–water partition coefficient (Wildman–Crippen LogP) is 2.81. The van der Waals surface area contributed by atoms with E-state index in [9.17, 15) is 14.7 Å². The summed E-state index contributed by atoms with van der Waals surface area (Å²) in [7, 11) is 0. The molecule has 2 heterocycles. The third-order valence-corrected chi connectivity index (χ3v) is 5.03. The molecule has 0 bridgehead atoms. The fourth-order valence-electron chi connectivity index (χ4n) is 3.88. The first-order valence-corrected chi connectivity index (χ1v) is 8.40. The van der Waals surface area contributed by atoms with Crippen molar-refractivity contribution in [3.05, 3.63) is 35.4 Å². The van der Waals surface area contributed by atoms with Crippen LogP contribution in [0.25, 0.3) is 0 Å². The third kappa shape index (κ3) is 3.55. The highest BCUT2D eigenvalue weighted by Gasteiger charge is 2.33. The van der Waals surface area contributed by atoms with Crippen LogP contribution in [0.3, 0.4) is 0 Å². The first-order valence-electron chi connectivity index (χ1n) is 8.40. The number of benzene rings is 1. The molecule has 1 aromatic rings. The Morgan fingerprint density at radius 3 is 2.61 bits per heavy atom. The summed E-state index contributed by atoms with van der Waals surface area (Å²) in [4.78, 5) is 26.0. The minimum atomic E-state index is -1.10. The van der Waals surface area contributed by atoms with E-state index >= 15 is 0 Å². The molecule has 0 spiro atoms. The van der Waals surface area contributed by atoms with Crippen molar-refractivity contribution in [2.24, 2.45) is 5.92 Å². The van der Waals surface area contributed by atoms with Crippen LogP contribution in [0.5, 0.6) is 0 Å². The molecule has 5 nitrogen and oxygen atoms in total. The van der Waals surface area contributed by atoms with Crippen LogP contribution in [0, 0.1) is 5.92 Å². The summed E-state index contributed by atoms with van der Waals surface area (Å²) in [5.74, 6) is -1.27. The third-order valence-electron chi connectivity index (χ3n) is 5.03. The van der Waals surface area contributed by atoms with Crippen LogP contribution in [0.1, 0.15) is 52.8 Å². The molecule has 0 aromatic heterocycles. The van der Waals surface area contributed by atoms with Crippen molar-refractivity contribution in [2.75, 3.05) is 19.7 Å². The lowest BCUT2D eigenvalue weighted by Gasteiger charge is -2.44. The molecule has 2 fully saturated rings. The van der Waals surface area contributed by atoms with Gasteiger partial charge in [0, 0.05) is 12.0 Å². The van der Waals surface area contributed by atoms with Crippen LogP contribution in [0.4, 0.5) is 0 Å². The van der Waals surface area contributed by atoms with E-state index in [4.69, 9.17) is 4.74 Å². The summed E-state index contributed by atoms with van der Waals surface area (Å²) in [6, 6.07) is 6.73. The van der Waals surface area contributed by atoms with Gasteiger partial charge in [-0.15, -0.1) is 0 Å². The minimum Gasteiger partial charge on any atom is -0.478 e. The van der Waals surface area contributed by atoms with Crippen LogP contribution in [-0.4, -0.2) is 47.7 Å². The Morgan fingerprint density at radius 1 is 1.09 bits per heavy atom. The predicted molar refractivity (Wildman–Crippen MR) is 85.6 cm³/mol. The summed E-state index contributed by atoms with van der Waals surface area (Å²) in [5, 5.41) is 9.17. The molecule has 0 unspecified atom stereocenters. The van der Waals surface area contributed by atoms with Gasteiger partial charge in [0.25, 0.3) is 0 Å². The lowest BCUT2D eigenvalue weighted by atomic mass is 9.84. The second kappa shape index (κ2) is 7.13. The van der Waals surface area contributed by atoms with Crippen LogP contribution in [0.2, 0.25) is 0 Å². The standard InChI is InChI=1S/C18H23NO4/c20-17(21)14-7-1-2-8-15(14)18(22)23-12-13-6-5-11-19-10-4-3-9-16(13)19/h1-2,7-8,13,16H,3-6,9-12H2,(H,20,21)/t13-,16-/m1/s1. The number of carboxylic acid groups (broad SMARTS) is 1. The molecule has 2 aliphatic heterocycles. The number of carboxylic acids is 1. The molecule has 1 N–H and O–H groups in total. The zero-order valence-electron chi connectivity index (χ0n) is 13.2. The average Bonchev–Trinajstić information content (AvgIpc) is 2.59. The van der Waals surface area contributed by atoms with Gasteiger partial charge in [-0.05, 0) is 50.9 Å². The first kappa shape index (κ1) is 16.0. The van der Waals surface area contributed by atoms with E-state index in [1.54, 1.807) is 12.1 Å². The maximum absolute atomic E-state index is 12.3. The van der Waals surface area contributed by atoms with Gasteiger partial charge in [-0.3, -0.25) is 4.90 Å². The summed E-state index contributed by atoms with van der Waals surface area (Å²) in [6.45, 7) is 2.68. The van der Waals surface area contributed by atoms with Gasteiger partial charge in [-0.2, -0.15) is 0 Å². The van der Waals surface area contributed by atoms with Gasteiger partial charge in [0.05, 0.1) is 17.7 Å². The Bertz CT molecular complexity index is 584. The van der Waals surface area contributed by atoms with Gasteiger partial charge in [0.15, 0.2) is 0 Å². The van der Waals surface area contributed by atoms with E-state index in [2.05, 4.69) is 4.90 Å². The van der Waals surface area contributed by atoms with E-state index in [0.29, 0.717) is 18.6 Å². The smallest absolute Gasteiger partial charge is 0.339 e. The molecule has 2 atom stereocenters. The van der Waals surface area contributed by atoms with Gasteiger partial charge >= 0.3 is 11.9 Å². The van der Waals surface area contributed by atoms with Crippen molar-refractivity contribution in [2.45, 2.75) is 38.1 Å². The second-order valence-electron chi connectivity index (χ2n) is 6.45. The van der Waals surface area contributed by atoms with Crippen molar-refractivity contribution in [1.29, 1.82) is 0 Å². The maximum Gasteiger partial charge on any atom is 0.339 e.